The minimum Gasteiger partial charge on any atom is -0.396 e. The third-order valence-corrected chi connectivity index (χ3v) is 4.74. The summed E-state index contributed by atoms with van der Waals surface area (Å²) >= 11 is 2.82. The first-order chi connectivity index (χ1) is 10.1. The molecule has 0 saturated carbocycles. The molecule has 2 aromatic rings. The maximum atomic E-state index is 12.0. The van der Waals surface area contributed by atoms with Crippen LogP contribution in [0.25, 0.3) is 0 Å². The molecular formula is C12H17N5O2S2. The van der Waals surface area contributed by atoms with Crippen LogP contribution in [0.2, 0.25) is 0 Å². The number of nitrogens with two attached hydrogens (primary N) is 1. The highest BCUT2D eigenvalue weighted by atomic mass is 32.2. The maximum Gasteiger partial charge on any atom is 0.263 e. The smallest absolute Gasteiger partial charge is 0.263 e. The largest absolute Gasteiger partial charge is 0.396 e. The van der Waals surface area contributed by atoms with Crippen LogP contribution in [0.15, 0.2) is 9.42 Å². The number of aromatic nitrogens is 2. The monoisotopic (exact) mass is 327 g/mol. The number of carbonyl (C=O) groups is 1. The lowest BCUT2D eigenvalue weighted by Gasteiger charge is -2.03. The van der Waals surface area contributed by atoms with E-state index in [0.29, 0.717) is 35.4 Å². The van der Waals surface area contributed by atoms with Crippen molar-refractivity contribution in [1.29, 1.82) is 0 Å². The number of hydrogen-bond donors (Lipinski definition) is 3. The number of hydrogen-bond acceptors (Lipinski definition) is 8. The minimum absolute atomic E-state index is 0.156. The number of aryl methyl sites for hydroxylation is 1. The lowest BCUT2D eigenvalue weighted by Crippen LogP contribution is -2.22. The molecule has 0 radical (unpaired) electrons. The molecule has 0 saturated heterocycles. The SMILES string of the molecule is CCNC(=O)c1sc(NCc2nc(C)no2)c(SC)c1N. The Bertz CT molecular complexity index is 638. The van der Waals surface area contributed by atoms with E-state index in [9.17, 15) is 4.79 Å². The van der Waals surface area contributed by atoms with E-state index in [-0.39, 0.29) is 5.91 Å². The standard InChI is InChI=1S/C12H17N5O2S2/c1-4-14-11(18)9-8(13)10(20-3)12(21-9)15-5-7-16-6(2)17-19-7/h15H,4-5,13H2,1-3H3,(H,14,18). The molecular weight excluding hydrogens is 310 g/mol. The Balaban J connectivity index is 2.18. The Morgan fingerprint density at radius 1 is 1.52 bits per heavy atom. The highest BCUT2D eigenvalue weighted by Gasteiger charge is 2.20. The summed E-state index contributed by atoms with van der Waals surface area (Å²) in [4.78, 5) is 17.5. The number of amides is 1. The number of nitrogens with zero attached hydrogens (tertiary/aromatic N) is 2. The van der Waals surface area contributed by atoms with Crippen LogP contribution in [0.4, 0.5) is 10.7 Å². The summed E-state index contributed by atoms with van der Waals surface area (Å²) in [7, 11) is 0. The summed E-state index contributed by atoms with van der Waals surface area (Å²) in [5, 5.41) is 10.5. The molecule has 0 unspecified atom stereocenters. The van der Waals surface area contributed by atoms with Crippen LogP contribution < -0.4 is 16.4 Å². The molecule has 0 aliphatic carbocycles. The molecule has 21 heavy (non-hydrogen) atoms. The van der Waals surface area contributed by atoms with E-state index >= 15 is 0 Å². The normalized spacial score (nSPS) is 10.6. The van der Waals surface area contributed by atoms with Gasteiger partial charge in [0.15, 0.2) is 5.82 Å². The topological polar surface area (TPSA) is 106 Å². The predicted octanol–water partition coefficient (Wildman–Crippen LogP) is 2.11. The number of anilines is 2. The molecule has 2 heterocycles. The van der Waals surface area contributed by atoms with E-state index < -0.39 is 0 Å². The number of carbonyl (C=O) groups excluding carboxylic acids is 1. The van der Waals surface area contributed by atoms with Crippen molar-refractivity contribution < 1.29 is 9.32 Å². The van der Waals surface area contributed by atoms with Crippen LogP contribution in [0.1, 0.15) is 28.3 Å². The third kappa shape index (κ3) is 3.48. The van der Waals surface area contributed by atoms with E-state index in [2.05, 4.69) is 20.8 Å². The van der Waals surface area contributed by atoms with Gasteiger partial charge in [0.25, 0.3) is 5.91 Å². The fourth-order valence-corrected chi connectivity index (χ4v) is 3.67. The molecule has 0 aliphatic rings. The summed E-state index contributed by atoms with van der Waals surface area (Å²) in [5.74, 6) is 0.925. The van der Waals surface area contributed by atoms with Crippen molar-refractivity contribution in [3.63, 3.8) is 0 Å². The second-order valence-electron chi connectivity index (χ2n) is 4.16. The van der Waals surface area contributed by atoms with Crippen LogP contribution in [0.3, 0.4) is 0 Å². The molecule has 2 rings (SSSR count). The quantitative estimate of drug-likeness (QED) is 0.698. The number of thiophene rings is 1. The first kappa shape index (κ1) is 15.6. The first-order valence-electron chi connectivity index (χ1n) is 6.34. The van der Waals surface area contributed by atoms with Gasteiger partial charge in [0.05, 0.1) is 17.1 Å². The zero-order valence-electron chi connectivity index (χ0n) is 12.0. The Morgan fingerprint density at radius 3 is 2.86 bits per heavy atom. The van der Waals surface area contributed by atoms with Crippen molar-refractivity contribution in [2.24, 2.45) is 0 Å². The molecule has 0 aromatic carbocycles. The summed E-state index contributed by atoms with van der Waals surface area (Å²) in [6.07, 6.45) is 1.92. The van der Waals surface area contributed by atoms with Gasteiger partial charge >= 0.3 is 0 Å². The van der Waals surface area contributed by atoms with Crippen molar-refractivity contribution in [2.45, 2.75) is 25.3 Å². The van der Waals surface area contributed by atoms with Crippen LogP contribution in [-0.4, -0.2) is 28.8 Å². The van der Waals surface area contributed by atoms with E-state index in [4.69, 9.17) is 10.3 Å². The zero-order chi connectivity index (χ0) is 15.4. The zero-order valence-corrected chi connectivity index (χ0v) is 13.7. The van der Waals surface area contributed by atoms with Crippen molar-refractivity contribution in [1.82, 2.24) is 15.5 Å². The van der Waals surface area contributed by atoms with Gasteiger partial charge in [-0.15, -0.1) is 23.1 Å². The van der Waals surface area contributed by atoms with Gasteiger partial charge in [0.1, 0.15) is 9.88 Å². The van der Waals surface area contributed by atoms with E-state index in [1.54, 1.807) is 6.92 Å². The Labute approximate surface area is 130 Å². The van der Waals surface area contributed by atoms with E-state index in [1.165, 1.54) is 23.1 Å². The van der Waals surface area contributed by atoms with Crippen molar-refractivity contribution in [3.05, 3.63) is 16.6 Å². The average molecular weight is 327 g/mol. The molecule has 4 N–H and O–H groups in total. The van der Waals surface area contributed by atoms with Crippen molar-refractivity contribution in [3.8, 4) is 0 Å². The fourth-order valence-electron chi connectivity index (χ4n) is 1.73. The Hall–Kier alpha value is -1.74. The molecule has 0 spiro atoms. The Morgan fingerprint density at radius 2 is 2.29 bits per heavy atom. The van der Waals surface area contributed by atoms with Gasteiger partial charge in [-0.25, -0.2) is 0 Å². The van der Waals surface area contributed by atoms with Gasteiger partial charge in [0, 0.05) is 6.54 Å². The molecule has 114 valence electrons. The molecule has 1 amide bonds. The lowest BCUT2D eigenvalue weighted by molar-refractivity contribution is 0.0960. The van der Waals surface area contributed by atoms with E-state index in [1.807, 2.05) is 13.2 Å². The summed E-state index contributed by atoms with van der Waals surface area (Å²) < 4.78 is 5.05. The summed E-state index contributed by atoms with van der Waals surface area (Å²) in [5.41, 5.74) is 6.56. The van der Waals surface area contributed by atoms with Crippen LogP contribution in [-0.2, 0) is 6.54 Å². The summed E-state index contributed by atoms with van der Waals surface area (Å²) in [6.45, 7) is 4.59. The molecule has 9 heteroatoms. The highest BCUT2D eigenvalue weighted by molar-refractivity contribution is 7.99. The van der Waals surface area contributed by atoms with Crippen LogP contribution in [0.5, 0.6) is 0 Å². The molecule has 0 aliphatic heterocycles. The molecule has 2 aromatic heterocycles. The Kier molecular flexibility index (Phi) is 5.07. The van der Waals surface area contributed by atoms with Crippen molar-refractivity contribution in [2.75, 3.05) is 23.9 Å². The third-order valence-electron chi connectivity index (χ3n) is 2.62. The first-order valence-corrected chi connectivity index (χ1v) is 8.38. The molecule has 0 atom stereocenters. The van der Waals surface area contributed by atoms with Gasteiger partial charge in [-0.05, 0) is 20.1 Å². The predicted molar refractivity (Wildman–Crippen MR) is 84.9 cm³/mol. The fraction of sp³-hybridized carbons (Fsp3) is 0.417. The van der Waals surface area contributed by atoms with Gasteiger partial charge in [-0.1, -0.05) is 5.16 Å². The number of nitrogens with one attached hydrogen (secondary N) is 2. The van der Waals surface area contributed by atoms with Crippen LogP contribution in [0, 0.1) is 6.92 Å². The minimum atomic E-state index is -0.156. The molecule has 0 bridgehead atoms. The van der Waals surface area contributed by atoms with E-state index in [0.717, 1.165) is 9.90 Å². The van der Waals surface area contributed by atoms with Crippen molar-refractivity contribution >= 4 is 39.7 Å². The lowest BCUT2D eigenvalue weighted by atomic mass is 10.3. The highest BCUT2D eigenvalue weighted by Crippen LogP contribution is 2.41. The van der Waals surface area contributed by atoms with Gasteiger partial charge in [0.2, 0.25) is 5.89 Å². The van der Waals surface area contributed by atoms with Crippen LogP contribution >= 0.6 is 23.1 Å². The molecule has 0 fully saturated rings. The molecule has 7 nitrogen and oxygen atoms in total. The number of rotatable bonds is 6. The maximum absolute atomic E-state index is 12.0. The van der Waals surface area contributed by atoms with Gasteiger partial charge in [-0.3, -0.25) is 4.79 Å². The number of thioether (sulfide) groups is 1. The number of nitrogen functional groups attached to an aromatic ring is 1. The second kappa shape index (κ2) is 6.81. The average Bonchev–Trinajstić information content (AvgIpc) is 3.00. The van der Waals surface area contributed by atoms with Gasteiger partial charge in [-0.2, -0.15) is 4.98 Å². The van der Waals surface area contributed by atoms with Gasteiger partial charge < -0.3 is 20.9 Å². The summed E-state index contributed by atoms with van der Waals surface area (Å²) in [6, 6.07) is 0. The second-order valence-corrected chi connectivity index (χ2v) is 5.99.